The van der Waals surface area contributed by atoms with Crippen LogP contribution in [0.3, 0.4) is 0 Å². The van der Waals surface area contributed by atoms with Gasteiger partial charge in [-0.05, 0) is 50.5 Å². The lowest BCUT2D eigenvalue weighted by Gasteiger charge is -2.33. The van der Waals surface area contributed by atoms with E-state index in [0.29, 0.717) is 51.9 Å². The summed E-state index contributed by atoms with van der Waals surface area (Å²) < 4.78 is 0. The van der Waals surface area contributed by atoms with Crippen LogP contribution in [0.15, 0.2) is 24.3 Å². The maximum atomic E-state index is 13.0. The number of amides is 4. The van der Waals surface area contributed by atoms with E-state index in [4.69, 9.17) is 0 Å². The van der Waals surface area contributed by atoms with Crippen molar-refractivity contribution >= 4 is 34.4 Å². The Kier molecular flexibility index (Phi) is 4.10. The van der Waals surface area contributed by atoms with Gasteiger partial charge >= 0.3 is 0 Å². The maximum Gasteiger partial charge on any atom is 0.261 e. The van der Waals surface area contributed by atoms with E-state index < -0.39 is 11.8 Å². The molecule has 144 valence electrons. The van der Waals surface area contributed by atoms with E-state index in [-0.39, 0.29) is 17.9 Å². The molecule has 0 spiro atoms. The average molecular weight is 378 g/mol. The highest BCUT2D eigenvalue weighted by Gasteiger charge is 2.40. The van der Waals surface area contributed by atoms with E-state index in [1.165, 1.54) is 9.80 Å². The molecular formula is C22H22N2O4. The molecule has 4 rings (SSSR count). The van der Waals surface area contributed by atoms with Crippen LogP contribution in [0.4, 0.5) is 0 Å². The molecule has 0 saturated heterocycles. The summed E-state index contributed by atoms with van der Waals surface area (Å²) in [6.45, 7) is 7.98. The highest BCUT2D eigenvalue weighted by Crippen LogP contribution is 2.38. The van der Waals surface area contributed by atoms with Crippen molar-refractivity contribution in [2.24, 2.45) is 5.92 Å². The molecule has 0 atom stereocenters. The van der Waals surface area contributed by atoms with Crippen molar-refractivity contribution in [2.75, 3.05) is 6.54 Å². The van der Waals surface area contributed by atoms with E-state index in [2.05, 4.69) is 0 Å². The Morgan fingerprint density at radius 3 is 1.43 bits per heavy atom. The summed E-state index contributed by atoms with van der Waals surface area (Å²) in [5.41, 5.74) is 1.47. The van der Waals surface area contributed by atoms with Crippen molar-refractivity contribution in [3.63, 3.8) is 0 Å². The van der Waals surface area contributed by atoms with Crippen LogP contribution in [0.5, 0.6) is 0 Å². The largest absolute Gasteiger partial charge is 0.274 e. The quantitative estimate of drug-likeness (QED) is 0.764. The van der Waals surface area contributed by atoms with E-state index >= 15 is 0 Å². The average Bonchev–Trinajstić information content (AvgIpc) is 2.63. The van der Waals surface area contributed by atoms with Gasteiger partial charge in [0.05, 0.1) is 0 Å². The Morgan fingerprint density at radius 2 is 1.07 bits per heavy atom. The van der Waals surface area contributed by atoms with Crippen LogP contribution < -0.4 is 0 Å². The third-order valence-corrected chi connectivity index (χ3v) is 5.46. The predicted octanol–water partition coefficient (Wildman–Crippen LogP) is 3.49. The minimum atomic E-state index is -0.390. The molecule has 6 nitrogen and oxygen atoms in total. The van der Waals surface area contributed by atoms with Crippen molar-refractivity contribution in [1.29, 1.82) is 0 Å². The van der Waals surface area contributed by atoms with Gasteiger partial charge in [0.1, 0.15) is 0 Å². The van der Waals surface area contributed by atoms with E-state index in [1.54, 1.807) is 38.1 Å². The van der Waals surface area contributed by atoms with Gasteiger partial charge in [0, 0.05) is 45.6 Å². The number of rotatable bonds is 4. The molecule has 0 unspecified atom stereocenters. The number of benzene rings is 2. The zero-order valence-corrected chi connectivity index (χ0v) is 16.4. The van der Waals surface area contributed by atoms with Gasteiger partial charge in [-0.3, -0.25) is 29.0 Å². The van der Waals surface area contributed by atoms with Gasteiger partial charge in [0.2, 0.25) is 0 Å². The molecule has 0 bridgehead atoms. The Balaban J connectivity index is 1.94. The van der Waals surface area contributed by atoms with Gasteiger partial charge in [-0.1, -0.05) is 13.8 Å². The van der Waals surface area contributed by atoms with Crippen molar-refractivity contribution in [3.05, 3.63) is 46.5 Å². The first-order valence-electron chi connectivity index (χ1n) is 9.57. The standard InChI is InChI=1S/C22H22N2O4/c1-11(2)9-10-23-19(25)13-5-7-15-18-16(8-6-14(17(13)18)20(23)26)22(28)24(12(3)4)21(15)27/h5-8,11-12H,9-10H2,1-4H3. The molecule has 0 N–H and O–H groups in total. The number of carbonyl (C=O) groups is 4. The first kappa shape index (κ1) is 18.3. The molecule has 0 saturated carbocycles. The Morgan fingerprint density at radius 1 is 0.679 bits per heavy atom. The second kappa shape index (κ2) is 6.26. The molecule has 0 aromatic heterocycles. The normalized spacial score (nSPS) is 16.2. The molecule has 0 fully saturated rings. The van der Waals surface area contributed by atoms with Crippen LogP contribution in [0.2, 0.25) is 0 Å². The fourth-order valence-corrected chi connectivity index (χ4v) is 4.00. The van der Waals surface area contributed by atoms with E-state index in [0.717, 1.165) is 0 Å². The summed E-state index contributed by atoms with van der Waals surface area (Å²) in [7, 11) is 0. The van der Waals surface area contributed by atoms with Gasteiger partial charge in [0.25, 0.3) is 23.6 Å². The van der Waals surface area contributed by atoms with Crippen LogP contribution in [-0.4, -0.2) is 46.0 Å². The monoisotopic (exact) mass is 378 g/mol. The summed E-state index contributed by atoms with van der Waals surface area (Å²) in [5, 5.41) is 0.850. The number of nitrogens with zero attached hydrogens (tertiary/aromatic N) is 2. The molecule has 0 aliphatic carbocycles. The van der Waals surface area contributed by atoms with E-state index in [1.807, 2.05) is 13.8 Å². The van der Waals surface area contributed by atoms with Gasteiger partial charge in [-0.2, -0.15) is 0 Å². The summed E-state index contributed by atoms with van der Waals surface area (Å²) in [5.74, 6) is -1.16. The summed E-state index contributed by atoms with van der Waals surface area (Å²) in [4.78, 5) is 54.4. The molecule has 2 heterocycles. The molecule has 2 aliphatic heterocycles. The van der Waals surface area contributed by atoms with Gasteiger partial charge < -0.3 is 0 Å². The van der Waals surface area contributed by atoms with Crippen molar-refractivity contribution in [1.82, 2.24) is 9.80 Å². The van der Waals surface area contributed by atoms with Crippen LogP contribution in [0.1, 0.15) is 75.5 Å². The number of imide groups is 2. The molecule has 28 heavy (non-hydrogen) atoms. The highest BCUT2D eigenvalue weighted by atomic mass is 16.2. The fourth-order valence-electron chi connectivity index (χ4n) is 4.00. The smallest absolute Gasteiger partial charge is 0.261 e. The Labute approximate surface area is 163 Å². The third-order valence-electron chi connectivity index (χ3n) is 5.46. The van der Waals surface area contributed by atoms with Crippen LogP contribution in [-0.2, 0) is 0 Å². The molecule has 4 amide bonds. The van der Waals surface area contributed by atoms with Crippen LogP contribution in [0.25, 0.3) is 10.8 Å². The van der Waals surface area contributed by atoms with Crippen LogP contribution >= 0.6 is 0 Å². The molecule has 6 heteroatoms. The molecular weight excluding hydrogens is 356 g/mol. The lowest BCUT2D eigenvalue weighted by molar-refractivity contribution is 0.0554. The van der Waals surface area contributed by atoms with E-state index in [9.17, 15) is 19.2 Å². The summed E-state index contributed by atoms with van der Waals surface area (Å²) >= 11 is 0. The summed E-state index contributed by atoms with van der Waals surface area (Å²) in [6.07, 6.45) is 0.715. The number of hydrogen-bond donors (Lipinski definition) is 0. The number of hydrogen-bond acceptors (Lipinski definition) is 4. The topological polar surface area (TPSA) is 74.8 Å². The Bertz CT molecular complexity index is 997. The Hall–Kier alpha value is -3.02. The zero-order chi connectivity index (χ0) is 20.3. The highest BCUT2D eigenvalue weighted by molar-refractivity contribution is 6.33. The molecule has 2 aliphatic rings. The molecule has 2 aromatic carbocycles. The minimum Gasteiger partial charge on any atom is -0.274 e. The zero-order valence-electron chi connectivity index (χ0n) is 16.4. The third kappa shape index (κ3) is 2.40. The number of carbonyl (C=O) groups excluding carboxylic acids is 4. The van der Waals surface area contributed by atoms with Gasteiger partial charge in [-0.25, -0.2) is 0 Å². The predicted molar refractivity (Wildman–Crippen MR) is 104 cm³/mol. The maximum absolute atomic E-state index is 13.0. The summed E-state index contributed by atoms with van der Waals surface area (Å²) in [6, 6.07) is 6.13. The van der Waals surface area contributed by atoms with Gasteiger partial charge in [0.15, 0.2) is 0 Å². The van der Waals surface area contributed by atoms with Gasteiger partial charge in [-0.15, -0.1) is 0 Å². The van der Waals surface area contributed by atoms with Crippen molar-refractivity contribution in [2.45, 2.75) is 40.2 Å². The SMILES string of the molecule is CC(C)CCN1C(=O)c2ccc3c4c(ccc(c24)C1=O)C(=O)N(C(C)C)C3=O. The minimum absolute atomic E-state index is 0.287. The first-order chi connectivity index (χ1) is 13.2. The lowest BCUT2D eigenvalue weighted by Crippen LogP contribution is -2.46. The fraction of sp³-hybridized carbons (Fsp3) is 0.364. The lowest BCUT2D eigenvalue weighted by atomic mass is 9.85. The van der Waals surface area contributed by atoms with Crippen LogP contribution in [0, 0.1) is 5.92 Å². The van der Waals surface area contributed by atoms with Crippen molar-refractivity contribution in [3.8, 4) is 0 Å². The molecule has 0 radical (unpaired) electrons. The van der Waals surface area contributed by atoms with Crippen molar-refractivity contribution < 1.29 is 19.2 Å². The first-order valence-corrected chi connectivity index (χ1v) is 9.57. The second-order valence-electron chi connectivity index (χ2n) is 8.09. The second-order valence-corrected chi connectivity index (χ2v) is 8.09. The molecule has 2 aromatic rings.